The van der Waals surface area contributed by atoms with Crippen LogP contribution in [0.25, 0.3) is 0 Å². The highest BCUT2D eigenvalue weighted by atomic mass is 16.5. The first-order valence-electron chi connectivity index (χ1n) is 7.91. The molecule has 1 aliphatic carbocycles. The van der Waals surface area contributed by atoms with E-state index in [1.807, 2.05) is 6.92 Å². The molecule has 0 radical (unpaired) electrons. The number of hydrogen-bond donors (Lipinski definition) is 2. The molecule has 1 fully saturated rings. The van der Waals surface area contributed by atoms with Gasteiger partial charge in [0.05, 0.1) is 18.1 Å². The largest absolute Gasteiger partial charge is 0.466 e. The van der Waals surface area contributed by atoms with Gasteiger partial charge in [-0.2, -0.15) is 0 Å². The Kier molecular flexibility index (Phi) is 6.46. The van der Waals surface area contributed by atoms with Crippen molar-refractivity contribution >= 4 is 5.97 Å². The van der Waals surface area contributed by atoms with Gasteiger partial charge < -0.3 is 15.2 Å². The lowest BCUT2D eigenvalue weighted by Gasteiger charge is -2.36. The Hall–Kier alpha value is -0.610. The molecule has 0 atom stereocenters. The molecule has 0 bridgehead atoms. The van der Waals surface area contributed by atoms with Crippen molar-refractivity contribution in [1.29, 1.82) is 0 Å². The molecule has 0 saturated heterocycles. The Bertz CT molecular complexity index is 307. The zero-order chi connectivity index (χ0) is 15.2. The highest BCUT2D eigenvalue weighted by molar-refractivity contribution is 5.72. The van der Waals surface area contributed by atoms with Gasteiger partial charge in [-0.1, -0.05) is 20.8 Å². The van der Waals surface area contributed by atoms with Gasteiger partial charge >= 0.3 is 5.97 Å². The van der Waals surface area contributed by atoms with Crippen molar-refractivity contribution in [2.45, 2.75) is 65.4 Å². The van der Waals surface area contributed by atoms with Gasteiger partial charge in [-0.3, -0.25) is 4.79 Å². The van der Waals surface area contributed by atoms with Crippen LogP contribution in [0.1, 0.15) is 59.8 Å². The predicted octanol–water partition coefficient (Wildman–Crippen LogP) is 2.50. The molecule has 0 aromatic carbocycles. The SMILES string of the molecule is CCOC(=O)C1CCC(O)(CNCC(C)(C)CC)CC1. The predicted molar refractivity (Wildman–Crippen MR) is 80.5 cm³/mol. The summed E-state index contributed by atoms with van der Waals surface area (Å²) < 4.78 is 5.05. The number of hydrogen-bond acceptors (Lipinski definition) is 4. The molecule has 0 amide bonds. The minimum absolute atomic E-state index is 0.0256. The molecule has 0 aromatic heterocycles. The van der Waals surface area contributed by atoms with E-state index < -0.39 is 5.60 Å². The first kappa shape index (κ1) is 17.4. The zero-order valence-corrected chi connectivity index (χ0v) is 13.5. The summed E-state index contributed by atoms with van der Waals surface area (Å²) in [6, 6.07) is 0. The summed E-state index contributed by atoms with van der Waals surface area (Å²) in [6.07, 6.45) is 3.93. The maximum absolute atomic E-state index is 11.7. The third-order valence-electron chi connectivity index (χ3n) is 4.55. The van der Waals surface area contributed by atoms with Crippen LogP contribution in [0.4, 0.5) is 0 Å². The van der Waals surface area contributed by atoms with Crippen molar-refractivity contribution in [3.05, 3.63) is 0 Å². The first-order chi connectivity index (χ1) is 9.32. The van der Waals surface area contributed by atoms with Crippen molar-refractivity contribution in [3.63, 3.8) is 0 Å². The van der Waals surface area contributed by atoms with E-state index in [9.17, 15) is 9.90 Å². The normalized spacial score (nSPS) is 27.4. The summed E-state index contributed by atoms with van der Waals surface area (Å²) in [5.74, 6) is -0.128. The molecule has 0 spiro atoms. The molecule has 0 heterocycles. The highest BCUT2D eigenvalue weighted by Crippen LogP contribution is 2.32. The smallest absolute Gasteiger partial charge is 0.308 e. The lowest BCUT2D eigenvalue weighted by molar-refractivity contribution is -0.151. The van der Waals surface area contributed by atoms with E-state index in [0.717, 1.165) is 25.8 Å². The van der Waals surface area contributed by atoms with Crippen LogP contribution in [0, 0.1) is 11.3 Å². The first-order valence-corrected chi connectivity index (χ1v) is 7.91. The zero-order valence-electron chi connectivity index (χ0n) is 13.5. The summed E-state index contributed by atoms with van der Waals surface area (Å²) in [6.45, 7) is 10.4. The van der Waals surface area contributed by atoms with Crippen LogP contribution >= 0.6 is 0 Å². The van der Waals surface area contributed by atoms with E-state index in [2.05, 4.69) is 26.1 Å². The average molecular weight is 285 g/mol. The molecule has 0 unspecified atom stereocenters. The second-order valence-corrected chi connectivity index (χ2v) is 6.87. The maximum Gasteiger partial charge on any atom is 0.308 e. The Morgan fingerprint density at radius 3 is 2.45 bits per heavy atom. The van der Waals surface area contributed by atoms with Gasteiger partial charge in [0.2, 0.25) is 0 Å². The number of carbonyl (C=O) groups is 1. The highest BCUT2D eigenvalue weighted by Gasteiger charge is 2.36. The van der Waals surface area contributed by atoms with Gasteiger partial charge in [0, 0.05) is 13.1 Å². The summed E-state index contributed by atoms with van der Waals surface area (Å²) >= 11 is 0. The summed E-state index contributed by atoms with van der Waals surface area (Å²) in [7, 11) is 0. The molecule has 2 N–H and O–H groups in total. The van der Waals surface area contributed by atoms with Gasteiger partial charge in [-0.25, -0.2) is 0 Å². The standard InChI is InChI=1S/C16H31NO3/c1-5-15(3,4)11-17-12-16(19)9-7-13(8-10-16)14(18)20-6-2/h13,17,19H,5-12H2,1-4H3. The van der Waals surface area contributed by atoms with Gasteiger partial charge in [0.1, 0.15) is 0 Å². The maximum atomic E-state index is 11.7. The van der Waals surface area contributed by atoms with Crippen molar-refractivity contribution in [2.75, 3.05) is 19.7 Å². The summed E-state index contributed by atoms with van der Waals surface area (Å²) in [5, 5.41) is 13.9. The van der Waals surface area contributed by atoms with E-state index >= 15 is 0 Å². The molecule has 1 rings (SSSR count). The Morgan fingerprint density at radius 2 is 1.95 bits per heavy atom. The molecular weight excluding hydrogens is 254 g/mol. The van der Waals surface area contributed by atoms with E-state index in [4.69, 9.17) is 4.74 Å². The lowest BCUT2D eigenvalue weighted by atomic mass is 9.78. The molecule has 0 aliphatic heterocycles. The third-order valence-corrected chi connectivity index (χ3v) is 4.55. The minimum Gasteiger partial charge on any atom is -0.466 e. The number of nitrogens with one attached hydrogen (secondary N) is 1. The number of carbonyl (C=O) groups excluding carboxylic acids is 1. The van der Waals surface area contributed by atoms with Crippen molar-refractivity contribution in [3.8, 4) is 0 Å². The van der Waals surface area contributed by atoms with Gasteiger partial charge in [0.25, 0.3) is 0 Å². The van der Waals surface area contributed by atoms with Crippen LogP contribution in [0.5, 0.6) is 0 Å². The quantitative estimate of drug-likeness (QED) is 0.706. The average Bonchev–Trinajstić information content (AvgIpc) is 2.39. The number of rotatable bonds is 7. The molecule has 118 valence electrons. The van der Waals surface area contributed by atoms with E-state index in [-0.39, 0.29) is 17.3 Å². The number of aliphatic hydroxyl groups is 1. The summed E-state index contributed by atoms with van der Waals surface area (Å²) in [5.41, 5.74) is -0.398. The van der Waals surface area contributed by atoms with Crippen LogP contribution < -0.4 is 5.32 Å². The fourth-order valence-electron chi connectivity index (χ4n) is 2.59. The van der Waals surface area contributed by atoms with Crippen LogP contribution in [0.15, 0.2) is 0 Å². The van der Waals surface area contributed by atoms with Crippen LogP contribution in [-0.4, -0.2) is 36.4 Å². The Balaban J connectivity index is 2.33. The van der Waals surface area contributed by atoms with Gasteiger partial charge in [0.15, 0.2) is 0 Å². The fourth-order valence-corrected chi connectivity index (χ4v) is 2.59. The van der Waals surface area contributed by atoms with Gasteiger partial charge in [-0.05, 0) is 44.4 Å². The fraction of sp³-hybridized carbons (Fsp3) is 0.938. The molecule has 1 aliphatic rings. The van der Waals surface area contributed by atoms with Gasteiger partial charge in [-0.15, -0.1) is 0 Å². The van der Waals surface area contributed by atoms with Crippen LogP contribution in [0.2, 0.25) is 0 Å². The third kappa shape index (κ3) is 5.41. The second-order valence-electron chi connectivity index (χ2n) is 6.87. The molecule has 4 heteroatoms. The summed E-state index contributed by atoms with van der Waals surface area (Å²) in [4.78, 5) is 11.7. The van der Waals surface area contributed by atoms with Crippen LogP contribution in [0.3, 0.4) is 0 Å². The lowest BCUT2D eigenvalue weighted by Crippen LogP contribution is -2.46. The van der Waals surface area contributed by atoms with E-state index in [1.165, 1.54) is 0 Å². The van der Waals surface area contributed by atoms with Crippen LogP contribution in [-0.2, 0) is 9.53 Å². The minimum atomic E-state index is -0.660. The number of esters is 1. The van der Waals surface area contributed by atoms with E-state index in [0.29, 0.717) is 26.0 Å². The van der Waals surface area contributed by atoms with Crippen molar-refractivity contribution in [2.24, 2.45) is 11.3 Å². The molecule has 0 aromatic rings. The second kappa shape index (κ2) is 7.41. The topological polar surface area (TPSA) is 58.6 Å². The Labute approximate surface area is 123 Å². The molecule has 1 saturated carbocycles. The van der Waals surface area contributed by atoms with E-state index in [1.54, 1.807) is 0 Å². The number of ether oxygens (including phenoxy) is 1. The molecule has 4 nitrogen and oxygen atoms in total. The molecular formula is C16H31NO3. The molecule has 20 heavy (non-hydrogen) atoms. The monoisotopic (exact) mass is 285 g/mol. The Morgan fingerprint density at radius 1 is 1.35 bits per heavy atom. The van der Waals surface area contributed by atoms with Crippen molar-refractivity contribution in [1.82, 2.24) is 5.32 Å². The van der Waals surface area contributed by atoms with Crippen molar-refractivity contribution < 1.29 is 14.6 Å².